The third-order valence-corrected chi connectivity index (χ3v) is 2.84. The summed E-state index contributed by atoms with van der Waals surface area (Å²) in [5.41, 5.74) is 10.7. The maximum atomic E-state index is 7.33. The Hall–Kier alpha value is -0.0561. The Balaban J connectivity index is 0.00000128. The van der Waals surface area contributed by atoms with Crippen LogP contribution in [0.1, 0.15) is 5.56 Å². The average Bonchev–Trinajstić information content (AvgIpc) is 2.30. The fraction of sp³-hybridized carbons (Fsp3) is 0.0769. The van der Waals surface area contributed by atoms with Crippen LogP contribution in [0.2, 0.25) is 0 Å². The summed E-state index contributed by atoms with van der Waals surface area (Å²) in [5, 5.41) is 0. The van der Waals surface area contributed by atoms with E-state index in [1.165, 1.54) is 11.1 Å². The van der Waals surface area contributed by atoms with Gasteiger partial charge in [0.2, 0.25) is 0 Å². The smallest absolute Gasteiger partial charge is 0.0175 e. The minimum absolute atomic E-state index is 0. The van der Waals surface area contributed by atoms with Crippen LogP contribution in [0.5, 0.6) is 0 Å². The Bertz CT molecular complexity index is 457. The molecule has 2 rings (SSSR count). The van der Waals surface area contributed by atoms with Crippen LogP contribution in [0.15, 0.2) is 53.0 Å². The van der Waals surface area contributed by atoms with Crippen LogP contribution < -0.4 is 0 Å². The van der Waals surface area contributed by atoms with E-state index in [4.69, 9.17) is 5.73 Å². The van der Waals surface area contributed by atoms with Crippen molar-refractivity contribution in [3.63, 3.8) is 0 Å². The van der Waals surface area contributed by atoms with Crippen molar-refractivity contribution in [2.45, 2.75) is 6.54 Å². The van der Waals surface area contributed by atoms with E-state index in [2.05, 4.69) is 40.2 Å². The number of benzene rings is 2. The van der Waals surface area contributed by atoms with Crippen molar-refractivity contribution in [1.82, 2.24) is 0 Å². The SMILES string of the molecule is [NH-]Cc1cccc(-c2ccc(Br)cc2)c1.[NH2-].[Y]. The van der Waals surface area contributed by atoms with Gasteiger partial charge in [-0.3, -0.25) is 0 Å². The van der Waals surface area contributed by atoms with E-state index in [1.54, 1.807) is 0 Å². The maximum absolute atomic E-state index is 7.33. The molecule has 3 N–H and O–H groups in total. The molecule has 0 atom stereocenters. The molecule has 2 aromatic carbocycles. The molecule has 0 fully saturated rings. The summed E-state index contributed by atoms with van der Waals surface area (Å²) in [7, 11) is 0. The van der Waals surface area contributed by atoms with Gasteiger partial charge >= 0.3 is 0 Å². The molecule has 0 saturated heterocycles. The molecule has 2 nitrogen and oxygen atoms in total. The van der Waals surface area contributed by atoms with Crippen molar-refractivity contribution >= 4 is 15.9 Å². The molecule has 0 heterocycles. The van der Waals surface area contributed by atoms with Crippen molar-refractivity contribution in [3.8, 4) is 11.1 Å². The van der Waals surface area contributed by atoms with Gasteiger partial charge in [0, 0.05) is 37.2 Å². The largest absolute Gasteiger partial charge is 0.693 e. The molecule has 4 heteroatoms. The quantitative estimate of drug-likeness (QED) is 0.685. The first-order valence-electron chi connectivity index (χ1n) is 4.79. The molecule has 0 unspecified atom stereocenters. The van der Waals surface area contributed by atoms with Gasteiger partial charge in [-0.15, -0.1) is 6.54 Å². The summed E-state index contributed by atoms with van der Waals surface area (Å²) >= 11 is 3.42. The van der Waals surface area contributed by atoms with E-state index >= 15 is 0 Å². The predicted octanol–water partition coefficient (Wildman–Crippen LogP) is 5.38. The zero-order valence-electron chi connectivity index (χ0n) is 9.36. The predicted molar refractivity (Wildman–Crippen MR) is 72.9 cm³/mol. The monoisotopic (exact) mass is 365 g/mol. The third kappa shape index (κ3) is 4.61. The van der Waals surface area contributed by atoms with Gasteiger partial charge in [0.1, 0.15) is 0 Å². The second kappa shape index (κ2) is 8.12. The summed E-state index contributed by atoms with van der Waals surface area (Å²) in [4.78, 5) is 0. The van der Waals surface area contributed by atoms with Gasteiger partial charge in [0.15, 0.2) is 0 Å². The normalized spacial score (nSPS) is 9.06. The number of nitrogens with two attached hydrogens (primary N) is 1. The first-order chi connectivity index (χ1) is 7.29. The van der Waals surface area contributed by atoms with Gasteiger partial charge in [0.25, 0.3) is 0 Å². The topological polar surface area (TPSA) is 57.3 Å². The van der Waals surface area contributed by atoms with Crippen molar-refractivity contribution in [2.24, 2.45) is 0 Å². The van der Waals surface area contributed by atoms with E-state index in [-0.39, 0.29) is 38.9 Å². The molecule has 0 saturated carbocycles. The molecule has 0 aliphatic rings. The summed E-state index contributed by atoms with van der Waals surface area (Å²) in [6.07, 6.45) is 0. The molecule has 1 radical (unpaired) electrons. The Morgan fingerprint density at radius 2 is 1.59 bits per heavy atom. The second-order valence-corrected chi connectivity index (χ2v) is 4.30. The summed E-state index contributed by atoms with van der Waals surface area (Å²) < 4.78 is 1.09. The summed E-state index contributed by atoms with van der Waals surface area (Å²) in [6, 6.07) is 16.3. The van der Waals surface area contributed by atoms with Crippen LogP contribution in [0, 0.1) is 0 Å². The number of halogens is 1. The Morgan fingerprint density at radius 1 is 0.941 bits per heavy atom. The molecule has 0 amide bonds. The van der Waals surface area contributed by atoms with E-state index in [9.17, 15) is 0 Å². The Morgan fingerprint density at radius 3 is 2.18 bits per heavy atom. The minimum Gasteiger partial charge on any atom is -0.693 e. The third-order valence-electron chi connectivity index (χ3n) is 2.31. The number of hydrogen-bond donors (Lipinski definition) is 0. The van der Waals surface area contributed by atoms with E-state index in [0.29, 0.717) is 6.54 Å². The molecule has 0 aliphatic carbocycles. The van der Waals surface area contributed by atoms with Gasteiger partial charge in [-0.05, 0) is 23.3 Å². The first kappa shape index (κ1) is 16.9. The Kier molecular flexibility index (Phi) is 8.09. The van der Waals surface area contributed by atoms with E-state index in [1.807, 2.05) is 24.3 Å². The van der Waals surface area contributed by atoms with Crippen LogP contribution >= 0.6 is 15.9 Å². The van der Waals surface area contributed by atoms with Gasteiger partial charge in [-0.2, -0.15) is 0 Å². The molecule has 2 aromatic rings. The minimum atomic E-state index is 0. The van der Waals surface area contributed by atoms with Gasteiger partial charge < -0.3 is 11.9 Å². The molecular formula is C13H13BrN2Y-2. The maximum Gasteiger partial charge on any atom is 0.0175 e. The molecule has 0 aromatic heterocycles. The fourth-order valence-corrected chi connectivity index (χ4v) is 1.77. The number of nitrogens with one attached hydrogen (secondary N) is 1. The molecule has 87 valence electrons. The zero-order chi connectivity index (χ0) is 10.7. The fourth-order valence-electron chi connectivity index (χ4n) is 1.50. The van der Waals surface area contributed by atoms with Crippen LogP contribution in [-0.4, -0.2) is 0 Å². The van der Waals surface area contributed by atoms with Crippen LogP contribution in [0.3, 0.4) is 0 Å². The summed E-state index contributed by atoms with van der Waals surface area (Å²) in [5.74, 6) is 0. The van der Waals surface area contributed by atoms with Gasteiger partial charge in [-0.25, -0.2) is 0 Å². The van der Waals surface area contributed by atoms with Crippen molar-refractivity contribution < 1.29 is 32.7 Å². The number of rotatable bonds is 2. The van der Waals surface area contributed by atoms with Crippen molar-refractivity contribution in [3.05, 3.63) is 70.5 Å². The van der Waals surface area contributed by atoms with E-state index in [0.717, 1.165) is 10.0 Å². The standard InChI is InChI=1S/C13H11BrN.H2N.Y/c14-13-6-4-11(5-7-13)12-3-1-2-10(8-12)9-15;;/h1-8,15H,9H2;1H2;/q2*-1;. The molecule has 0 aliphatic heterocycles. The average molecular weight is 366 g/mol. The summed E-state index contributed by atoms with van der Waals surface area (Å²) in [6.45, 7) is 0.338. The van der Waals surface area contributed by atoms with Crippen molar-refractivity contribution in [2.75, 3.05) is 0 Å². The molecular weight excluding hydrogens is 353 g/mol. The molecule has 17 heavy (non-hydrogen) atoms. The zero-order valence-corrected chi connectivity index (χ0v) is 13.8. The number of hydrogen-bond acceptors (Lipinski definition) is 0. The molecule has 0 spiro atoms. The van der Waals surface area contributed by atoms with Crippen LogP contribution in [0.25, 0.3) is 23.0 Å². The Labute approximate surface area is 136 Å². The van der Waals surface area contributed by atoms with Crippen molar-refractivity contribution in [1.29, 1.82) is 0 Å². The van der Waals surface area contributed by atoms with Crippen LogP contribution in [0.4, 0.5) is 0 Å². The van der Waals surface area contributed by atoms with Crippen LogP contribution in [-0.2, 0) is 39.3 Å². The van der Waals surface area contributed by atoms with Gasteiger partial charge in [-0.1, -0.05) is 57.9 Å². The van der Waals surface area contributed by atoms with Gasteiger partial charge in [0.05, 0.1) is 0 Å². The van der Waals surface area contributed by atoms with E-state index < -0.39 is 0 Å². The molecule has 0 bridgehead atoms. The second-order valence-electron chi connectivity index (χ2n) is 3.38. The first-order valence-corrected chi connectivity index (χ1v) is 5.58.